The quantitative estimate of drug-likeness (QED) is 0.695. The minimum absolute atomic E-state index is 0.0756. The van der Waals surface area contributed by atoms with Crippen molar-refractivity contribution in [3.05, 3.63) is 30.3 Å². The molecule has 1 saturated heterocycles. The largest absolute Gasteiger partial charge is 0.369 e. The number of para-hydroxylation sites is 1. The van der Waals surface area contributed by atoms with Crippen molar-refractivity contribution in [2.75, 3.05) is 12.4 Å². The smallest absolute Gasteiger partial charge is 0.239 e. The van der Waals surface area contributed by atoms with Crippen molar-refractivity contribution in [1.29, 1.82) is 0 Å². The maximum atomic E-state index is 12.8. The summed E-state index contributed by atoms with van der Waals surface area (Å²) in [6, 6.07) is 10.2. The van der Waals surface area contributed by atoms with Crippen molar-refractivity contribution in [2.24, 2.45) is 22.4 Å². The Morgan fingerprint density at radius 3 is 2.79 bits per heavy atom. The molecule has 1 aliphatic carbocycles. The highest BCUT2D eigenvalue weighted by Gasteiger charge is 2.52. The summed E-state index contributed by atoms with van der Waals surface area (Å²) in [5.41, 5.74) is 13.7. The van der Waals surface area contributed by atoms with E-state index in [1.54, 1.807) is 11.9 Å². The lowest BCUT2D eigenvalue weighted by molar-refractivity contribution is -0.136. The van der Waals surface area contributed by atoms with E-state index < -0.39 is 18.2 Å². The lowest BCUT2D eigenvalue weighted by Gasteiger charge is -2.46. The van der Waals surface area contributed by atoms with Crippen LogP contribution in [0.3, 0.4) is 0 Å². The highest BCUT2D eigenvalue weighted by atomic mass is 16.2. The molecular weight excluding hydrogens is 304 g/mol. The number of hydrogen-bond donors (Lipinski definition) is 3. The lowest BCUT2D eigenvalue weighted by atomic mass is 9.96. The van der Waals surface area contributed by atoms with Crippen LogP contribution in [0.4, 0.5) is 5.69 Å². The van der Waals surface area contributed by atoms with E-state index in [0.29, 0.717) is 12.0 Å². The van der Waals surface area contributed by atoms with E-state index in [2.05, 4.69) is 10.2 Å². The zero-order chi connectivity index (χ0) is 16.8. The average molecular weight is 328 g/mol. The second kappa shape index (κ2) is 5.75. The van der Waals surface area contributed by atoms with Crippen LogP contribution >= 0.6 is 0 Å². The summed E-state index contributed by atoms with van der Waals surface area (Å²) in [6.07, 6.45) is 2.29. The third-order valence-corrected chi connectivity index (χ3v) is 5.41. The molecule has 7 heteroatoms. The summed E-state index contributed by atoms with van der Waals surface area (Å²) < 4.78 is 0. The number of nitrogens with two attached hydrogens (primary N) is 2. The predicted octanol–water partition coefficient (Wildman–Crippen LogP) is 0.349. The maximum Gasteiger partial charge on any atom is 0.239 e. The lowest BCUT2D eigenvalue weighted by Crippen LogP contribution is -2.69. The van der Waals surface area contributed by atoms with Crippen molar-refractivity contribution in [1.82, 2.24) is 9.80 Å². The van der Waals surface area contributed by atoms with E-state index >= 15 is 0 Å². The van der Waals surface area contributed by atoms with Gasteiger partial charge in [0.15, 0.2) is 0 Å². The summed E-state index contributed by atoms with van der Waals surface area (Å²) in [7, 11) is 1.77. The normalized spacial score (nSPS) is 33.1. The van der Waals surface area contributed by atoms with Gasteiger partial charge in [-0.3, -0.25) is 9.69 Å². The van der Waals surface area contributed by atoms with Crippen molar-refractivity contribution in [3.63, 3.8) is 0 Å². The van der Waals surface area contributed by atoms with E-state index in [9.17, 15) is 4.79 Å². The summed E-state index contributed by atoms with van der Waals surface area (Å²) in [6.45, 7) is 0. The van der Waals surface area contributed by atoms with Crippen molar-refractivity contribution < 1.29 is 4.79 Å². The minimum Gasteiger partial charge on any atom is -0.369 e. The van der Waals surface area contributed by atoms with Gasteiger partial charge in [-0.25, -0.2) is 4.99 Å². The van der Waals surface area contributed by atoms with Crippen LogP contribution in [0.2, 0.25) is 0 Å². The third kappa shape index (κ3) is 2.27. The Morgan fingerprint density at radius 1 is 1.29 bits per heavy atom. The van der Waals surface area contributed by atoms with Gasteiger partial charge in [0, 0.05) is 12.7 Å². The molecule has 7 nitrogen and oxygen atoms in total. The first-order valence-corrected chi connectivity index (χ1v) is 8.54. The van der Waals surface area contributed by atoms with Gasteiger partial charge >= 0.3 is 0 Å². The predicted molar refractivity (Wildman–Crippen MR) is 93.0 cm³/mol. The first-order chi connectivity index (χ1) is 11.6. The molecule has 5 N–H and O–H groups in total. The highest BCUT2D eigenvalue weighted by Crippen LogP contribution is 2.37. The summed E-state index contributed by atoms with van der Waals surface area (Å²) in [4.78, 5) is 21.3. The van der Waals surface area contributed by atoms with Crippen molar-refractivity contribution in [2.45, 2.75) is 43.7 Å². The molecule has 2 heterocycles. The third-order valence-electron chi connectivity index (χ3n) is 5.41. The molecule has 1 amide bonds. The molecule has 1 saturated carbocycles. The number of fused-ring (bicyclic) bond motifs is 3. The second-order valence-corrected chi connectivity index (χ2v) is 6.85. The van der Waals surface area contributed by atoms with E-state index in [-0.39, 0.29) is 11.9 Å². The fourth-order valence-electron chi connectivity index (χ4n) is 4.20. The second-order valence-electron chi connectivity index (χ2n) is 6.85. The van der Waals surface area contributed by atoms with Crippen LogP contribution in [-0.2, 0) is 4.79 Å². The van der Waals surface area contributed by atoms with Crippen LogP contribution < -0.4 is 16.8 Å². The molecule has 4 rings (SSSR count). The van der Waals surface area contributed by atoms with Gasteiger partial charge in [0.1, 0.15) is 5.92 Å². The van der Waals surface area contributed by atoms with Crippen molar-refractivity contribution >= 4 is 17.6 Å². The maximum absolute atomic E-state index is 12.8. The number of rotatable bonds is 3. The van der Waals surface area contributed by atoms with Crippen LogP contribution in [0.1, 0.15) is 19.3 Å². The molecule has 2 aliphatic heterocycles. The number of hydrogen-bond acceptors (Lipinski definition) is 6. The Bertz CT molecular complexity index is 662. The van der Waals surface area contributed by atoms with Crippen molar-refractivity contribution in [3.8, 4) is 0 Å². The SMILES string of the molecule is CN1C(=O)C(C(N)Nc2ccccc2)C(N)N2C1=N[C@@H]1CCC[C@@H]12. The highest BCUT2D eigenvalue weighted by molar-refractivity contribution is 6.02. The molecule has 3 aliphatic rings. The first-order valence-electron chi connectivity index (χ1n) is 8.54. The number of guanidine groups is 1. The molecule has 2 fully saturated rings. The minimum atomic E-state index is -0.556. The van der Waals surface area contributed by atoms with Gasteiger partial charge in [0.05, 0.1) is 24.4 Å². The van der Waals surface area contributed by atoms with Gasteiger partial charge in [-0.1, -0.05) is 18.2 Å². The van der Waals surface area contributed by atoms with E-state index in [1.165, 1.54) is 0 Å². The molecule has 5 atom stereocenters. The summed E-state index contributed by atoms with van der Waals surface area (Å²) in [5.74, 6) is 0.118. The Kier molecular flexibility index (Phi) is 3.69. The number of aliphatic imine (C=N–C) groups is 1. The van der Waals surface area contributed by atoms with E-state index in [1.807, 2.05) is 30.3 Å². The van der Waals surface area contributed by atoms with Gasteiger partial charge in [-0.05, 0) is 31.4 Å². The molecule has 3 unspecified atom stereocenters. The van der Waals surface area contributed by atoms with Crippen LogP contribution in [0.5, 0.6) is 0 Å². The fourth-order valence-corrected chi connectivity index (χ4v) is 4.20. The number of nitrogens with one attached hydrogen (secondary N) is 1. The monoisotopic (exact) mass is 328 g/mol. The Hall–Kier alpha value is -2.12. The number of carbonyl (C=O) groups excluding carboxylic acids is 1. The molecule has 128 valence electrons. The first kappa shape index (κ1) is 15.4. The Morgan fingerprint density at radius 2 is 2.04 bits per heavy atom. The van der Waals surface area contributed by atoms with Crippen LogP contribution in [-0.4, -0.2) is 53.1 Å². The Balaban J connectivity index is 1.59. The average Bonchev–Trinajstić information content (AvgIpc) is 3.14. The number of benzene rings is 1. The topological polar surface area (TPSA) is 100.0 Å². The zero-order valence-corrected chi connectivity index (χ0v) is 13.8. The van der Waals surface area contributed by atoms with Gasteiger partial charge in [0.2, 0.25) is 11.9 Å². The van der Waals surface area contributed by atoms with Gasteiger partial charge in [-0.15, -0.1) is 0 Å². The van der Waals surface area contributed by atoms with Gasteiger partial charge in [0.25, 0.3) is 0 Å². The molecular formula is C17H24N6O. The number of anilines is 1. The number of carbonyl (C=O) groups is 1. The van der Waals surface area contributed by atoms with E-state index in [0.717, 1.165) is 24.9 Å². The molecule has 0 bridgehead atoms. The molecule has 1 aromatic carbocycles. The molecule has 0 aromatic heterocycles. The van der Waals surface area contributed by atoms with Crippen LogP contribution in [0.25, 0.3) is 0 Å². The number of amides is 1. The van der Waals surface area contributed by atoms with Gasteiger partial charge in [-0.2, -0.15) is 0 Å². The standard InChI is InChI=1S/C17H24N6O/c1-22-16(24)13(14(18)20-10-6-3-2-4-7-10)15(19)23-12-9-5-8-11(12)21-17(22)23/h2-4,6-7,11-15,20H,5,8-9,18-19H2,1H3/t11-,12+,13?,14?,15?/m1/s1. The molecule has 24 heavy (non-hydrogen) atoms. The molecule has 0 spiro atoms. The molecule has 0 radical (unpaired) electrons. The fraction of sp³-hybridized carbons (Fsp3) is 0.529. The van der Waals surface area contributed by atoms with Gasteiger partial charge < -0.3 is 21.7 Å². The van der Waals surface area contributed by atoms with E-state index in [4.69, 9.17) is 16.5 Å². The van der Waals surface area contributed by atoms with Crippen LogP contribution in [0, 0.1) is 5.92 Å². The van der Waals surface area contributed by atoms with Crippen LogP contribution in [0.15, 0.2) is 35.3 Å². The summed E-state index contributed by atoms with van der Waals surface area (Å²) >= 11 is 0. The zero-order valence-electron chi connectivity index (χ0n) is 13.8. The number of nitrogens with zero attached hydrogens (tertiary/aromatic N) is 3. The summed E-state index contributed by atoms with van der Waals surface area (Å²) in [5, 5.41) is 3.22. The molecule has 1 aromatic rings. The Labute approximate surface area is 141 Å².